The lowest BCUT2D eigenvalue weighted by Gasteiger charge is -2.20. The Bertz CT molecular complexity index is 863. The standard InChI is InChI=1S/C12H13ClN4O4S/c1-7-10(13)11-14-5-8(6-16(11)15-7)22(20,21)17-4-2-3-9(17)12(18)19/h5-6,9H,2-4H2,1H3,(H,18,19)/t9-/m0/s1. The van der Waals surface area contributed by atoms with Gasteiger partial charge >= 0.3 is 5.97 Å². The van der Waals surface area contributed by atoms with Gasteiger partial charge in [-0.15, -0.1) is 0 Å². The number of aromatic nitrogens is 3. The molecule has 1 atom stereocenters. The highest BCUT2D eigenvalue weighted by Gasteiger charge is 2.39. The van der Waals surface area contributed by atoms with E-state index in [-0.39, 0.29) is 11.4 Å². The van der Waals surface area contributed by atoms with Gasteiger partial charge in [-0.2, -0.15) is 9.40 Å². The van der Waals surface area contributed by atoms with E-state index < -0.39 is 22.0 Å². The Hall–Kier alpha value is -1.71. The number of aliphatic carboxylic acids is 1. The minimum absolute atomic E-state index is 0.104. The van der Waals surface area contributed by atoms with Gasteiger partial charge in [-0.25, -0.2) is 17.9 Å². The van der Waals surface area contributed by atoms with E-state index in [2.05, 4.69) is 10.1 Å². The molecule has 0 amide bonds. The molecule has 0 unspecified atom stereocenters. The Morgan fingerprint density at radius 2 is 2.23 bits per heavy atom. The molecule has 8 nitrogen and oxygen atoms in total. The van der Waals surface area contributed by atoms with E-state index in [0.29, 0.717) is 29.2 Å². The van der Waals surface area contributed by atoms with Crippen LogP contribution in [0.3, 0.4) is 0 Å². The van der Waals surface area contributed by atoms with Crippen LogP contribution in [-0.2, 0) is 14.8 Å². The lowest BCUT2D eigenvalue weighted by Crippen LogP contribution is -2.40. The Balaban J connectivity index is 2.07. The molecule has 0 spiro atoms. The average Bonchev–Trinajstić information content (AvgIpc) is 3.05. The predicted molar refractivity (Wildman–Crippen MR) is 77.3 cm³/mol. The molecule has 3 rings (SSSR count). The molecule has 1 saturated heterocycles. The first kappa shape index (κ1) is 15.2. The minimum Gasteiger partial charge on any atom is -0.480 e. The van der Waals surface area contributed by atoms with E-state index in [1.54, 1.807) is 6.92 Å². The zero-order chi connectivity index (χ0) is 16.1. The fraction of sp³-hybridized carbons (Fsp3) is 0.417. The second-order valence-corrected chi connectivity index (χ2v) is 7.34. The van der Waals surface area contributed by atoms with Crippen molar-refractivity contribution in [3.05, 3.63) is 23.1 Å². The first-order chi connectivity index (χ1) is 10.3. The van der Waals surface area contributed by atoms with E-state index in [9.17, 15) is 13.2 Å². The van der Waals surface area contributed by atoms with Gasteiger partial charge in [-0.3, -0.25) is 4.79 Å². The predicted octanol–water partition coefficient (Wildman–Crippen LogP) is 0.929. The van der Waals surface area contributed by atoms with Crippen molar-refractivity contribution in [2.45, 2.75) is 30.7 Å². The number of hydrogen-bond acceptors (Lipinski definition) is 5. The molecular formula is C12H13ClN4O4S. The van der Waals surface area contributed by atoms with Crippen LogP contribution in [0, 0.1) is 6.92 Å². The van der Waals surface area contributed by atoms with Crippen molar-refractivity contribution >= 4 is 33.2 Å². The monoisotopic (exact) mass is 344 g/mol. The molecule has 0 bridgehead atoms. The van der Waals surface area contributed by atoms with Crippen molar-refractivity contribution in [2.24, 2.45) is 0 Å². The van der Waals surface area contributed by atoms with Crippen molar-refractivity contribution in [2.75, 3.05) is 6.54 Å². The number of nitrogens with zero attached hydrogens (tertiary/aromatic N) is 4. The number of fused-ring (bicyclic) bond motifs is 1. The highest BCUT2D eigenvalue weighted by molar-refractivity contribution is 7.89. The van der Waals surface area contributed by atoms with Crippen LogP contribution in [0.1, 0.15) is 18.5 Å². The van der Waals surface area contributed by atoms with Gasteiger partial charge in [-0.05, 0) is 19.8 Å². The van der Waals surface area contributed by atoms with Gasteiger partial charge in [0.1, 0.15) is 16.0 Å². The topological polar surface area (TPSA) is 105 Å². The second kappa shape index (κ2) is 5.18. The van der Waals surface area contributed by atoms with Crippen LogP contribution in [0.4, 0.5) is 0 Å². The molecule has 10 heteroatoms. The lowest BCUT2D eigenvalue weighted by molar-refractivity contribution is -0.140. The number of sulfonamides is 1. The summed E-state index contributed by atoms with van der Waals surface area (Å²) in [5.74, 6) is -1.15. The van der Waals surface area contributed by atoms with Crippen LogP contribution in [0.2, 0.25) is 5.02 Å². The number of carboxylic acids is 1. The Morgan fingerprint density at radius 3 is 2.91 bits per heavy atom. The van der Waals surface area contributed by atoms with Crippen LogP contribution in [-0.4, -0.2) is 51.0 Å². The molecule has 1 fully saturated rings. The number of carboxylic acid groups (broad SMARTS) is 1. The zero-order valence-electron chi connectivity index (χ0n) is 11.6. The summed E-state index contributed by atoms with van der Waals surface area (Å²) in [4.78, 5) is 15.1. The third kappa shape index (κ3) is 2.25. The molecule has 118 valence electrons. The number of carbonyl (C=O) groups is 1. The molecule has 2 aromatic heterocycles. The van der Waals surface area contributed by atoms with Gasteiger partial charge in [0, 0.05) is 6.54 Å². The summed E-state index contributed by atoms with van der Waals surface area (Å²) in [5.41, 5.74) is 0.891. The normalized spacial score (nSPS) is 19.8. The van der Waals surface area contributed by atoms with Crippen molar-refractivity contribution in [3.63, 3.8) is 0 Å². The third-order valence-electron chi connectivity index (χ3n) is 3.65. The summed E-state index contributed by atoms with van der Waals surface area (Å²) in [6.45, 7) is 1.86. The van der Waals surface area contributed by atoms with E-state index >= 15 is 0 Å². The van der Waals surface area contributed by atoms with Gasteiger partial charge in [0.25, 0.3) is 0 Å². The highest BCUT2D eigenvalue weighted by atomic mass is 35.5. The maximum Gasteiger partial charge on any atom is 0.322 e. The molecule has 22 heavy (non-hydrogen) atoms. The van der Waals surface area contributed by atoms with Crippen molar-refractivity contribution in [3.8, 4) is 0 Å². The molecule has 2 aromatic rings. The lowest BCUT2D eigenvalue weighted by atomic mass is 10.2. The van der Waals surface area contributed by atoms with E-state index in [1.807, 2.05) is 0 Å². The Labute approximate surface area is 131 Å². The molecule has 0 aromatic carbocycles. The summed E-state index contributed by atoms with van der Waals surface area (Å²) in [6, 6.07) is -1.04. The minimum atomic E-state index is -3.94. The molecule has 1 aliphatic heterocycles. The fourth-order valence-corrected chi connectivity index (χ4v) is 4.31. The van der Waals surface area contributed by atoms with Crippen molar-refractivity contribution in [1.82, 2.24) is 18.9 Å². The summed E-state index contributed by atoms with van der Waals surface area (Å²) >= 11 is 6.02. The number of halogens is 1. The Kier molecular flexibility index (Phi) is 3.58. The molecule has 1 N–H and O–H groups in total. The van der Waals surface area contributed by atoms with Crippen LogP contribution < -0.4 is 0 Å². The summed E-state index contributed by atoms with van der Waals surface area (Å²) in [7, 11) is -3.94. The quantitative estimate of drug-likeness (QED) is 0.888. The van der Waals surface area contributed by atoms with Crippen molar-refractivity contribution < 1.29 is 18.3 Å². The largest absolute Gasteiger partial charge is 0.480 e. The summed E-state index contributed by atoms with van der Waals surface area (Å²) in [6.07, 6.45) is 3.29. The van der Waals surface area contributed by atoms with Gasteiger partial charge in [-0.1, -0.05) is 11.6 Å². The smallest absolute Gasteiger partial charge is 0.322 e. The average molecular weight is 345 g/mol. The maximum atomic E-state index is 12.6. The van der Waals surface area contributed by atoms with Crippen LogP contribution in [0.5, 0.6) is 0 Å². The number of rotatable bonds is 3. The zero-order valence-corrected chi connectivity index (χ0v) is 13.2. The molecule has 1 aliphatic rings. The molecule has 0 aliphatic carbocycles. The molecular weight excluding hydrogens is 332 g/mol. The van der Waals surface area contributed by atoms with E-state index in [4.69, 9.17) is 16.7 Å². The van der Waals surface area contributed by atoms with Gasteiger partial charge in [0.15, 0.2) is 5.65 Å². The van der Waals surface area contributed by atoms with Gasteiger partial charge in [0.2, 0.25) is 10.0 Å². The number of hydrogen-bond donors (Lipinski definition) is 1. The Morgan fingerprint density at radius 1 is 1.50 bits per heavy atom. The first-order valence-electron chi connectivity index (χ1n) is 6.57. The fourth-order valence-electron chi connectivity index (χ4n) is 2.54. The van der Waals surface area contributed by atoms with Crippen LogP contribution >= 0.6 is 11.6 Å². The van der Waals surface area contributed by atoms with Gasteiger partial charge < -0.3 is 5.11 Å². The summed E-state index contributed by atoms with van der Waals surface area (Å²) in [5, 5.41) is 13.6. The van der Waals surface area contributed by atoms with Crippen LogP contribution in [0.15, 0.2) is 17.3 Å². The second-order valence-electron chi connectivity index (χ2n) is 5.07. The molecule has 0 saturated carbocycles. The SMILES string of the molecule is Cc1nn2cc(S(=O)(=O)N3CCC[C@H]3C(=O)O)cnc2c1Cl. The summed E-state index contributed by atoms with van der Waals surface area (Å²) < 4.78 is 27.6. The number of aryl methyl sites for hydroxylation is 1. The molecule has 3 heterocycles. The first-order valence-corrected chi connectivity index (χ1v) is 8.39. The van der Waals surface area contributed by atoms with Gasteiger partial charge in [0.05, 0.1) is 18.1 Å². The van der Waals surface area contributed by atoms with Crippen molar-refractivity contribution in [1.29, 1.82) is 0 Å². The highest BCUT2D eigenvalue weighted by Crippen LogP contribution is 2.27. The maximum absolute atomic E-state index is 12.6. The molecule has 0 radical (unpaired) electrons. The third-order valence-corrected chi connectivity index (χ3v) is 5.95. The van der Waals surface area contributed by atoms with E-state index in [1.165, 1.54) is 16.9 Å². The van der Waals surface area contributed by atoms with E-state index in [0.717, 1.165) is 4.31 Å². The van der Waals surface area contributed by atoms with Crippen LogP contribution in [0.25, 0.3) is 5.65 Å².